The average molecular weight is 159 g/mol. The van der Waals surface area contributed by atoms with Crippen LogP contribution in [-0.2, 0) is 4.84 Å². The van der Waals surface area contributed by atoms with E-state index in [2.05, 4.69) is 9.99 Å². The van der Waals surface area contributed by atoms with E-state index in [9.17, 15) is 0 Å². The van der Waals surface area contributed by atoms with Crippen LogP contribution in [0.2, 0.25) is 0 Å². The second kappa shape index (κ2) is 4.61. The molecule has 0 aromatic carbocycles. The molecule has 0 spiro atoms. The molecule has 0 amide bonds. The fourth-order valence-electron chi connectivity index (χ4n) is 1.03. The highest BCUT2D eigenvalue weighted by molar-refractivity contribution is 7.99. The van der Waals surface area contributed by atoms with E-state index in [0.717, 1.165) is 0 Å². The predicted molar refractivity (Wildman–Crippen MR) is 45.6 cm³/mol. The van der Waals surface area contributed by atoms with Crippen LogP contribution in [0.3, 0.4) is 0 Å². The van der Waals surface area contributed by atoms with Gasteiger partial charge in [0.15, 0.2) is 0 Å². The van der Waals surface area contributed by atoms with Gasteiger partial charge in [0.25, 0.3) is 0 Å². The van der Waals surface area contributed by atoms with Gasteiger partial charge in [0.2, 0.25) is 0 Å². The summed E-state index contributed by atoms with van der Waals surface area (Å²) >= 11 is 2.01. The number of hydrogen-bond acceptors (Lipinski definition) is 3. The van der Waals surface area contributed by atoms with Gasteiger partial charge >= 0.3 is 0 Å². The van der Waals surface area contributed by atoms with Gasteiger partial charge in [0, 0.05) is 17.9 Å². The molecule has 0 aliphatic carbocycles. The molecule has 0 N–H and O–H groups in total. The molecule has 1 unspecified atom stereocenters. The number of nitrogens with zero attached hydrogens (tertiary/aromatic N) is 1. The Morgan fingerprint density at radius 1 is 1.70 bits per heavy atom. The Hall–Kier alpha value is -0.180. The van der Waals surface area contributed by atoms with E-state index in [4.69, 9.17) is 0 Å². The Bertz CT molecular complexity index is 110. The summed E-state index contributed by atoms with van der Waals surface area (Å²) in [6.07, 6.45) is 4.52. The van der Waals surface area contributed by atoms with Gasteiger partial charge in [0.05, 0.1) is 0 Å². The minimum absolute atomic E-state index is 0.652. The number of rotatable bonds is 2. The van der Waals surface area contributed by atoms with Crippen LogP contribution >= 0.6 is 11.8 Å². The molecule has 1 aliphatic heterocycles. The van der Waals surface area contributed by atoms with Crippen LogP contribution in [0, 0.1) is 5.92 Å². The molecule has 0 saturated carbocycles. The highest BCUT2D eigenvalue weighted by atomic mass is 32.2. The summed E-state index contributed by atoms with van der Waals surface area (Å²) in [5, 5.41) is 3.76. The minimum atomic E-state index is 0.652. The first-order valence-electron chi connectivity index (χ1n) is 3.58. The molecule has 1 atom stereocenters. The predicted octanol–water partition coefficient (Wildman–Crippen LogP) is 1.76. The maximum absolute atomic E-state index is 4.60. The van der Waals surface area contributed by atoms with Gasteiger partial charge in [0.1, 0.15) is 7.11 Å². The molecule has 3 heteroatoms. The molecule has 1 heterocycles. The largest absolute Gasteiger partial charge is 0.399 e. The van der Waals surface area contributed by atoms with Gasteiger partial charge < -0.3 is 4.84 Å². The Labute approximate surface area is 66.0 Å². The van der Waals surface area contributed by atoms with E-state index >= 15 is 0 Å². The van der Waals surface area contributed by atoms with Crippen LogP contribution in [0.4, 0.5) is 0 Å². The lowest BCUT2D eigenvalue weighted by Gasteiger charge is -2.15. The van der Waals surface area contributed by atoms with E-state index in [1.54, 1.807) is 7.11 Å². The highest BCUT2D eigenvalue weighted by Crippen LogP contribution is 2.20. The molecule has 1 aliphatic rings. The van der Waals surface area contributed by atoms with Gasteiger partial charge in [-0.1, -0.05) is 5.16 Å². The molecular formula is C7H13NOS. The van der Waals surface area contributed by atoms with Gasteiger partial charge in [-0.2, -0.15) is 11.8 Å². The van der Waals surface area contributed by atoms with E-state index in [1.165, 1.54) is 24.3 Å². The van der Waals surface area contributed by atoms with Crippen LogP contribution < -0.4 is 0 Å². The van der Waals surface area contributed by atoms with Crippen LogP contribution in [0.5, 0.6) is 0 Å². The first-order chi connectivity index (χ1) is 4.93. The lowest BCUT2D eigenvalue weighted by atomic mass is 10.1. The molecule has 0 bridgehead atoms. The van der Waals surface area contributed by atoms with E-state index in [0.29, 0.717) is 5.92 Å². The van der Waals surface area contributed by atoms with Gasteiger partial charge in [-0.3, -0.25) is 0 Å². The molecule has 1 saturated heterocycles. The molecule has 0 aromatic rings. The fourth-order valence-corrected chi connectivity index (χ4v) is 2.12. The molecule has 2 nitrogen and oxygen atoms in total. The molecule has 0 radical (unpaired) electrons. The van der Waals surface area contributed by atoms with E-state index < -0.39 is 0 Å². The maximum Gasteiger partial charge on any atom is 0.106 e. The summed E-state index contributed by atoms with van der Waals surface area (Å²) in [5.74, 6) is 3.18. The third-order valence-electron chi connectivity index (χ3n) is 1.57. The quantitative estimate of drug-likeness (QED) is 0.452. The Balaban J connectivity index is 2.19. The minimum Gasteiger partial charge on any atom is -0.399 e. The Morgan fingerprint density at radius 3 is 3.20 bits per heavy atom. The fraction of sp³-hybridized carbons (Fsp3) is 0.857. The normalized spacial score (nSPS) is 27.1. The third kappa shape index (κ3) is 2.60. The van der Waals surface area contributed by atoms with Gasteiger partial charge in [-0.05, 0) is 18.6 Å². The summed E-state index contributed by atoms with van der Waals surface area (Å²) in [6, 6.07) is 0. The molecule has 10 heavy (non-hydrogen) atoms. The summed E-state index contributed by atoms with van der Waals surface area (Å²) < 4.78 is 0. The second-order valence-electron chi connectivity index (χ2n) is 2.41. The van der Waals surface area contributed by atoms with Crippen LogP contribution in [0.15, 0.2) is 5.16 Å². The van der Waals surface area contributed by atoms with E-state index in [-0.39, 0.29) is 0 Å². The first-order valence-corrected chi connectivity index (χ1v) is 4.73. The smallest absolute Gasteiger partial charge is 0.106 e. The summed E-state index contributed by atoms with van der Waals surface area (Å²) in [7, 11) is 1.59. The number of hydrogen-bond donors (Lipinski definition) is 0. The third-order valence-corrected chi connectivity index (χ3v) is 2.81. The van der Waals surface area contributed by atoms with Crippen molar-refractivity contribution in [2.45, 2.75) is 12.8 Å². The zero-order chi connectivity index (χ0) is 7.23. The molecule has 58 valence electrons. The summed E-state index contributed by atoms with van der Waals surface area (Å²) in [5.41, 5.74) is 0. The molecule has 0 aromatic heterocycles. The maximum atomic E-state index is 4.60. The molecule has 1 fully saturated rings. The van der Waals surface area contributed by atoms with Crippen molar-refractivity contribution in [1.29, 1.82) is 0 Å². The zero-order valence-electron chi connectivity index (χ0n) is 6.25. The van der Waals surface area contributed by atoms with Crippen molar-refractivity contribution in [3.63, 3.8) is 0 Å². The lowest BCUT2D eigenvalue weighted by molar-refractivity contribution is 0.213. The SMILES string of the molecule is CO/N=C/C1CCCSC1. The lowest BCUT2D eigenvalue weighted by Crippen LogP contribution is -2.11. The highest BCUT2D eigenvalue weighted by Gasteiger charge is 2.10. The van der Waals surface area contributed by atoms with Crippen molar-refractivity contribution in [3.8, 4) is 0 Å². The monoisotopic (exact) mass is 159 g/mol. The standard InChI is InChI=1S/C7H13NOS/c1-9-8-5-7-3-2-4-10-6-7/h5,7H,2-4,6H2,1H3/b8-5+. The number of oxime groups is 1. The van der Waals surface area contributed by atoms with Crippen molar-refractivity contribution in [1.82, 2.24) is 0 Å². The van der Waals surface area contributed by atoms with Crippen molar-refractivity contribution in [3.05, 3.63) is 0 Å². The van der Waals surface area contributed by atoms with Crippen LogP contribution in [0.1, 0.15) is 12.8 Å². The second-order valence-corrected chi connectivity index (χ2v) is 3.56. The Kier molecular flexibility index (Phi) is 3.65. The average Bonchev–Trinajstić information content (AvgIpc) is 2.03. The van der Waals surface area contributed by atoms with E-state index in [1.807, 2.05) is 18.0 Å². The van der Waals surface area contributed by atoms with Crippen molar-refractivity contribution < 1.29 is 4.84 Å². The Morgan fingerprint density at radius 2 is 2.60 bits per heavy atom. The van der Waals surface area contributed by atoms with Crippen molar-refractivity contribution >= 4 is 18.0 Å². The summed E-state index contributed by atoms with van der Waals surface area (Å²) in [4.78, 5) is 4.60. The van der Waals surface area contributed by atoms with Crippen LogP contribution in [0.25, 0.3) is 0 Å². The topological polar surface area (TPSA) is 21.6 Å². The van der Waals surface area contributed by atoms with Gasteiger partial charge in [-0.25, -0.2) is 0 Å². The zero-order valence-corrected chi connectivity index (χ0v) is 7.06. The molecule has 1 rings (SSSR count). The van der Waals surface area contributed by atoms with Crippen LogP contribution in [-0.4, -0.2) is 24.8 Å². The molecular weight excluding hydrogens is 146 g/mol. The first kappa shape index (κ1) is 7.92. The number of thioether (sulfide) groups is 1. The van der Waals surface area contributed by atoms with Crippen molar-refractivity contribution in [2.24, 2.45) is 11.1 Å². The van der Waals surface area contributed by atoms with Gasteiger partial charge in [-0.15, -0.1) is 0 Å². The summed E-state index contributed by atoms with van der Waals surface area (Å²) in [6.45, 7) is 0. The van der Waals surface area contributed by atoms with Crippen molar-refractivity contribution in [2.75, 3.05) is 18.6 Å².